The molecular formula is C21H14ClF3N4O4S. The molecular weight excluding hydrogens is 497 g/mol. The minimum atomic E-state index is -4.98. The van der Waals surface area contributed by atoms with Crippen molar-refractivity contribution >= 4 is 33.1 Å². The number of imidazole rings is 1. The Kier molecular flexibility index (Phi) is 6.19. The molecule has 0 spiro atoms. The molecule has 0 fully saturated rings. The van der Waals surface area contributed by atoms with Crippen LogP contribution >= 0.6 is 11.6 Å². The van der Waals surface area contributed by atoms with E-state index < -0.39 is 32.8 Å². The Balaban J connectivity index is 1.48. The van der Waals surface area contributed by atoms with Crippen molar-refractivity contribution in [2.45, 2.75) is 22.7 Å². The maximum Gasteiger partial charge on any atom is 0.573 e. The molecule has 2 aromatic heterocycles. The Morgan fingerprint density at radius 1 is 1.12 bits per heavy atom. The Labute approximate surface area is 195 Å². The van der Waals surface area contributed by atoms with Gasteiger partial charge in [0.05, 0.1) is 20.4 Å². The van der Waals surface area contributed by atoms with Gasteiger partial charge in [0.1, 0.15) is 5.75 Å². The highest BCUT2D eigenvalue weighted by Crippen LogP contribution is 2.33. The zero-order valence-electron chi connectivity index (χ0n) is 17.0. The van der Waals surface area contributed by atoms with Crippen molar-refractivity contribution in [2.75, 3.05) is 0 Å². The van der Waals surface area contributed by atoms with E-state index in [1.54, 1.807) is 23.0 Å². The van der Waals surface area contributed by atoms with Crippen molar-refractivity contribution in [3.63, 3.8) is 0 Å². The van der Waals surface area contributed by atoms with Crippen LogP contribution in [-0.4, -0.2) is 35.1 Å². The number of halogens is 4. The number of fused-ring (bicyclic) bond motifs is 1. The molecule has 34 heavy (non-hydrogen) atoms. The van der Waals surface area contributed by atoms with E-state index in [1.165, 1.54) is 30.5 Å². The van der Waals surface area contributed by atoms with Crippen LogP contribution in [0.4, 0.5) is 13.2 Å². The first kappa shape index (κ1) is 23.5. The van der Waals surface area contributed by atoms with Gasteiger partial charge in [0.15, 0.2) is 0 Å². The quantitative estimate of drug-likeness (QED) is 0.420. The van der Waals surface area contributed by atoms with E-state index in [9.17, 15) is 26.4 Å². The summed E-state index contributed by atoms with van der Waals surface area (Å²) in [5, 5.41) is 2.44. The maximum absolute atomic E-state index is 12.9. The SMILES string of the molecule is O=C(NCc1ccc(S(=O)(=O)c2cc(OC(F)(F)F)ccc2Cl)cc1)c1cnc2nccn2c1. The molecule has 0 unspecified atom stereocenters. The van der Waals surface area contributed by atoms with Gasteiger partial charge in [-0.1, -0.05) is 23.7 Å². The lowest BCUT2D eigenvalue weighted by Gasteiger charge is -2.12. The molecule has 4 aromatic rings. The molecule has 0 aliphatic heterocycles. The van der Waals surface area contributed by atoms with E-state index in [4.69, 9.17) is 11.6 Å². The number of hydrogen-bond acceptors (Lipinski definition) is 6. The number of benzene rings is 2. The van der Waals surface area contributed by atoms with E-state index in [2.05, 4.69) is 20.0 Å². The number of rotatable bonds is 6. The summed E-state index contributed by atoms with van der Waals surface area (Å²) < 4.78 is 68.7. The third-order valence-electron chi connectivity index (χ3n) is 4.62. The minimum absolute atomic E-state index is 0.0940. The molecule has 2 heterocycles. The Hall–Kier alpha value is -3.64. The number of carbonyl (C=O) groups excluding carboxylic acids is 1. The molecule has 0 saturated heterocycles. The largest absolute Gasteiger partial charge is 0.573 e. The van der Waals surface area contributed by atoms with Crippen LogP contribution in [0.2, 0.25) is 5.02 Å². The lowest BCUT2D eigenvalue weighted by Crippen LogP contribution is -2.23. The number of nitrogens with one attached hydrogen (secondary N) is 1. The molecule has 1 N–H and O–H groups in total. The monoisotopic (exact) mass is 510 g/mol. The molecule has 0 aliphatic rings. The summed E-state index contributed by atoms with van der Waals surface area (Å²) >= 11 is 5.93. The van der Waals surface area contributed by atoms with Gasteiger partial charge in [-0.05, 0) is 29.8 Å². The van der Waals surface area contributed by atoms with Gasteiger partial charge in [0, 0.05) is 37.4 Å². The molecule has 0 radical (unpaired) electrons. The van der Waals surface area contributed by atoms with Gasteiger partial charge >= 0.3 is 6.36 Å². The molecule has 176 valence electrons. The number of alkyl halides is 3. The van der Waals surface area contributed by atoms with E-state index in [1.807, 2.05) is 0 Å². The Morgan fingerprint density at radius 2 is 1.85 bits per heavy atom. The van der Waals surface area contributed by atoms with Crippen molar-refractivity contribution in [2.24, 2.45) is 0 Å². The second-order valence-corrected chi connectivity index (χ2v) is 9.27. The average Bonchev–Trinajstić information content (AvgIpc) is 3.26. The van der Waals surface area contributed by atoms with Crippen LogP contribution < -0.4 is 10.1 Å². The number of amides is 1. The summed E-state index contributed by atoms with van der Waals surface area (Å²) in [7, 11) is -4.24. The molecule has 0 aliphatic carbocycles. The Bertz CT molecular complexity index is 1470. The number of sulfone groups is 1. The smallest absolute Gasteiger partial charge is 0.406 e. The lowest BCUT2D eigenvalue weighted by atomic mass is 10.2. The summed E-state index contributed by atoms with van der Waals surface area (Å²) in [5.41, 5.74) is 0.893. The van der Waals surface area contributed by atoms with Crippen LogP contribution in [0.15, 0.2) is 77.0 Å². The predicted molar refractivity (Wildman–Crippen MR) is 114 cm³/mol. The van der Waals surface area contributed by atoms with Crippen molar-refractivity contribution in [1.82, 2.24) is 19.7 Å². The van der Waals surface area contributed by atoms with E-state index >= 15 is 0 Å². The van der Waals surface area contributed by atoms with Gasteiger partial charge in [-0.15, -0.1) is 13.2 Å². The number of nitrogens with zero attached hydrogens (tertiary/aromatic N) is 3. The molecule has 13 heteroatoms. The number of carbonyl (C=O) groups is 1. The van der Waals surface area contributed by atoms with Gasteiger partial charge < -0.3 is 10.1 Å². The first-order valence-corrected chi connectivity index (χ1v) is 11.4. The van der Waals surface area contributed by atoms with Crippen LogP contribution in [0.5, 0.6) is 5.75 Å². The number of ether oxygens (including phenoxy) is 1. The predicted octanol–water partition coefficient (Wildman–Crippen LogP) is 4.04. The molecule has 8 nitrogen and oxygen atoms in total. The fraction of sp³-hybridized carbons (Fsp3) is 0.0952. The number of aromatic nitrogens is 3. The maximum atomic E-state index is 12.9. The normalized spacial score (nSPS) is 12.0. The van der Waals surface area contributed by atoms with Crippen LogP contribution in [0.25, 0.3) is 5.78 Å². The third-order valence-corrected chi connectivity index (χ3v) is 6.87. The first-order chi connectivity index (χ1) is 16.0. The van der Waals surface area contributed by atoms with E-state index in [-0.39, 0.29) is 16.5 Å². The van der Waals surface area contributed by atoms with E-state index in [0.29, 0.717) is 23.0 Å². The summed E-state index contributed by atoms with van der Waals surface area (Å²) in [4.78, 5) is 19.7. The molecule has 2 aromatic carbocycles. The average molecular weight is 511 g/mol. The molecule has 0 bridgehead atoms. The fourth-order valence-corrected chi connectivity index (χ4v) is 4.78. The highest BCUT2D eigenvalue weighted by molar-refractivity contribution is 7.91. The third kappa shape index (κ3) is 5.13. The fourth-order valence-electron chi connectivity index (χ4n) is 3.02. The standard InChI is InChI=1S/C21H14ClF3N4O4S/c22-17-6-3-15(33-21(23,24)25)9-18(17)34(31,32)16-4-1-13(2-5-16)10-27-19(30)14-11-28-20-26-7-8-29(20)12-14/h1-9,11-12H,10H2,(H,27,30). The van der Waals surface area contributed by atoms with Crippen molar-refractivity contribution in [1.29, 1.82) is 0 Å². The van der Waals surface area contributed by atoms with Gasteiger partial charge in [0.25, 0.3) is 5.91 Å². The highest BCUT2D eigenvalue weighted by Gasteiger charge is 2.32. The summed E-state index contributed by atoms with van der Waals surface area (Å²) in [6.07, 6.45) is 1.16. The number of hydrogen-bond donors (Lipinski definition) is 1. The lowest BCUT2D eigenvalue weighted by molar-refractivity contribution is -0.274. The van der Waals surface area contributed by atoms with Crippen molar-refractivity contribution in [3.05, 3.63) is 83.4 Å². The first-order valence-electron chi connectivity index (χ1n) is 9.49. The van der Waals surface area contributed by atoms with Crippen LogP contribution in [0.3, 0.4) is 0 Å². The van der Waals surface area contributed by atoms with Gasteiger partial charge in [0.2, 0.25) is 15.6 Å². The topological polar surface area (TPSA) is 103 Å². The Morgan fingerprint density at radius 3 is 2.56 bits per heavy atom. The van der Waals surface area contributed by atoms with Crippen LogP contribution in [0, 0.1) is 0 Å². The van der Waals surface area contributed by atoms with Gasteiger partial charge in [-0.2, -0.15) is 0 Å². The van der Waals surface area contributed by atoms with Crippen molar-refractivity contribution in [3.8, 4) is 5.75 Å². The van der Waals surface area contributed by atoms with Crippen molar-refractivity contribution < 1.29 is 31.1 Å². The summed E-state index contributed by atoms with van der Waals surface area (Å²) in [6.45, 7) is 0.0940. The van der Waals surface area contributed by atoms with Crippen LogP contribution in [0.1, 0.15) is 15.9 Å². The zero-order valence-corrected chi connectivity index (χ0v) is 18.5. The summed E-state index contributed by atoms with van der Waals surface area (Å²) in [5.74, 6) is -0.657. The summed E-state index contributed by atoms with van der Waals surface area (Å²) in [6, 6.07) is 8.11. The molecule has 0 atom stereocenters. The molecule has 1 amide bonds. The second-order valence-electron chi connectivity index (χ2n) is 6.95. The molecule has 4 rings (SSSR count). The zero-order chi connectivity index (χ0) is 24.5. The van der Waals surface area contributed by atoms with Crippen LogP contribution in [-0.2, 0) is 16.4 Å². The second kappa shape index (κ2) is 8.95. The van der Waals surface area contributed by atoms with Gasteiger partial charge in [-0.3, -0.25) is 9.20 Å². The minimum Gasteiger partial charge on any atom is -0.406 e. The van der Waals surface area contributed by atoms with Gasteiger partial charge in [-0.25, -0.2) is 18.4 Å². The highest BCUT2D eigenvalue weighted by atomic mass is 35.5. The van der Waals surface area contributed by atoms with E-state index in [0.717, 1.165) is 12.1 Å². The molecule has 0 saturated carbocycles.